The van der Waals surface area contributed by atoms with Crippen molar-refractivity contribution in [3.05, 3.63) is 41.9 Å². The molecular weight excluding hydrogens is 344 g/mol. The average molecular weight is 368 g/mol. The van der Waals surface area contributed by atoms with Gasteiger partial charge in [0, 0.05) is 36.5 Å². The van der Waals surface area contributed by atoms with Crippen molar-refractivity contribution in [3.63, 3.8) is 0 Å². The largest absolute Gasteiger partial charge is 0.379 e. The fraction of sp³-hybridized carbons (Fsp3) is 0.368. The number of carbonyl (C=O) groups is 1. The highest BCUT2D eigenvalue weighted by Gasteiger charge is 2.28. The lowest BCUT2D eigenvalue weighted by molar-refractivity contribution is 0.0882. The summed E-state index contributed by atoms with van der Waals surface area (Å²) in [5.41, 5.74) is 3.04. The van der Waals surface area contributed by atoms with Gasteiger partial charge in [0.15, 0.2) is 0 Å². The van der Waals surface area contributed by atoms with Crippen molar-refractivity contribution in [2.24, 2.45) is 0 Å². The normalized spacial score (nSPS) is 18.7. The molecule has 1 aliphatic carbocycles. The van der Waals surface area contributed by atoms with Gasteiger partial charge < -0.3 is 20.8 Å². The molecule has 1 saturated carbocycles. The van der Waals surface area contributed by atoms with Gasteiger partial charge in [-0.05, 0) is 44.4 Å². The molecule has 0 unspecified atom stereocenters. The Kier molecular flexibility index (Phi) is 5.97. The summed E-state index contributed by atoms with van der Waals surface area (Å²) in [6, 6.07) is 5.09. The van der Waals surface area contributed by atoms with Gasteiger partial charge in [0.05, 0.1) is 24.0 Å². The van der Waals surface area contributed by atoms with Crippen LogP contribution in [0, 0.1) is 12.3 Å². The quantitative estimate of drug-likeness (QED) is 0.585. The molecule has 0 saturated heterocycles. The number of urea groups is 1. The van der Waals surface area contributed by atoms with Crippen LogP contribution < -0.4 is 16.0 Å². The molecule has 2 atom stereocenters. The molecule has 0 radical (unpaired) electrons. The van der Waals surface area contributed by atoms with Gasteiger partial charge in [-0.15, -0.1) is 0 Å². The first-order valence-electron chi connectivity index (χ1n) is 8.89. The Morgan fingerprint density at radius 1 is 1.33 bits per heavy atom. The van der Waals surface area contributed by atoms with E-state index in [1.54, 1.807) is 25.6 Å². The Hall–Kier alpha value is -3.00. The van der Waals surface area contributed by atoms with E-state index in [1.807, 2.05) is 19.1 Å². The van der Waals surface area contributed by atoms with Crippen LogP contribution in [0.4, 0.5) is 22.0 Å². The van der Waals surface area contributed by atoms with Gasteiger partial charge >= 0.3 is 6.03 Å². The second-order valence-electron chi connectivity index (χ2n) is 6.52. The van der Waals surface area contributed by atoms with Gasteiger partial charge in [-0.3, -0.25) is 10.3 Å². The van der Waals surface area contributed by atoms with Gasteiger partial charge in [-0.25, -0.2) is 9.78 Å². The highest BCUT2D eigenvalue weighted by atomic mass is 16.5. The van der Waals surface area contributed by atoms with E-state index in [2.05, 4.69) is 25.9 Å². The summed E-state index contributed by atoms with van der Waals surface area (Å²) < 4.78 is 5.39. The van der Waals surface area contributed by atoms with Crippen molar-refractivity contribution >= 4 is 29.4 Å². The molecule has 2 heterocycles. The van der Waals surface area contributed by atoms with Gasteiger partial charge in [-0.1, -0.05) is 0 Å². The maximum atomic E-state index is 12.2. The van der Waals surface area contributed by atoms with E-state index in [0.717, 1.165) is 30.6 Å². The predicted molar refractivity (Wildman–Crippen MR) is 105 cm³/mol. The van der Waals surface area contributed by atoms with Crippen LogP contribution in [0.25, 0.3) is 0 Å². The third kappa shape index (κ3) is 4.79. The number of rotatable bonds is 6. The number of methoxy groups -OCH3 is 1. The number of carbonyl (C=O) groups excluding carboxylic acids is 1. The molecule has 0 aromatic carbocycles. The van der Waals surface area contributed by atoms with E-state index in [0.29, 0.717) is 17.1 Å². The smallest absolute Gasteiger partial charge is 0.320 e. The second kappa shape index (κ2) is 8.59. The number of nitrogens with one attached hydrogen (secondary N) is 4. The minimum Gasteiger partial charge on any atom is -0.379 e. The standard InChI is InChI=1S/C19H24N6O2/c1-12-8-14(6-7-21-12)23-16-11-22-18(9-13(16)10-20)25-19(26)24-15-4-3-5-17(15)27-2/h6-11,15,17,20H,3-5H2,1-2H3,(H,21,23)(H2,22,24,25,26)/t15-,17-/m0/s1. The van der Waals surface area contributed by atoms with Crippen LogP contribution in [-0.2, 0) is 4.74 Å². The number of aryl methyl sites for hydroxylation is 1. The number of nitrogens with zero attached hydrogens (tertiary/aromatic N) is 2. The first kappa shape index (κ1) is 18.8. The Morgan fingerprint density at radius 2 is 2.19 bits per heavy atom. The zero-order valence-electron chi connectivity index (χ0n) is 15.5. The molecule has 2 amide bonds. The molecule has 1 aliphatic rings. The Bertz CT molecular complexity index is 826. The zero-order valence-corrected chi connectivity index (χ0v) is 15.5. The Labute approximate surface area is 158 Å². The number of aromatic nitrogens is 2. The van der Waals surface area contributed by atoms with Crippen molar-refractivity contribution in [2.45, 2.75) is 38.3 Å². The van der Waals surface area contributed by atoms with Gasteiger partial charge in [0.1, 0.15) is 5.82 Å². The molecule has 8 heteroatoms. The van der Waals surface area contributed by atoms with Gasteiger partial charge in [-0.2, -0.15) is 0 Å². The van der Waals surface area contributed by atoms with Crippen LogP contribution >= 0.6 is 0 Å². The van der Waals surface area contributed by atoms with Crippen molar-refractivity contribution in [1.82, 2.24) is 15.3 Å². The molecule has 0 aliphatic heterocycles. The summed E-state index contributed by atoms with van der Waals surface area (Å²) in [4.78, 5) is 20.7. The number of pyridine rings is 2. The van der Waals surface area contributed by atoms with Crippen molar-refractivity contribution in [3.8, 4) is 0 Å². The lowest BCUT2D eigenvalue weighted by Crippen LogP contribution is -2.43. The molecule has 2 aromatic rings. The summed E-state index contributed by atoms with van der Waals surface area (Å²) in [6.07, 6.45) is 7.47. The van der Waals surface area contributed by atoms with Crippen molar-refractivity contribution in [2.75, 3.05) is 17.7 Å². The van der Waals surface area contributed by atoms with Crippen LogP contribution in [0.3, 0.4) is 0 Å². The van der Waals surface area contributed by atoms with Crippen LogP contribution in [0.5, 0.6) is 0 Å². The maximum Gasteiger partial charge on any atom is 0.320 e. The monoisotopic (exact) mass is 368 g/mol. The summed E-state index contributed by atoms with van der Waals surface area (Å²) in [7, 11) is 1.66. The lowest BCUT2D eigenvalue weighted by atomic mass is 10.2. The van der Waals surface area contributed by atoms with Crippen LogP contribution in [0.1, 0.15) is 30.5 Å². The van der Waals surface area contributed by atoms with Gasteiger partial charge in [0.25, 0.3) is 0 Å². The third-order valence-corrected chi connectivity index (χ3v) is 4.58. The lowest BCUT2D eigenvalue weighted by Gasteiger charge is -2.20. The molecule has 0 bridgehead atoms. The molecular formula is C19H24N6O2. The summed E-state index contributed by atoms with van der Waals surface area (Å²) >= 11 is 0. The highest BCUT2D eigenvalue weighted by molar-refractivity contribution is 5.92. The first-order chi connectivity index (χ1) is 13.1. The number of hydrogen-bond donors (Lipinski definition) is 4. The van der Waals surface area contributed by atoms with E-state index in [1.165, 1.54) is 6.21 Å². The van der Waals surface area contributed by atoms with E-state index >= 15 is 0 Å². The molecule has 2 aromatic heterocycles. The fourth-order valence-corrected chi connectivity index (χ4v) is 3.24. The SMILES string of the molecule is CO[C@H]1CCC[C@@H]1NC(=O)Nc1cc(C=N)c(Nc2ccnc(C)c2)cn1. The number of ether oxygens (including phenoxy) is 1. The maximum absolute atomic E-state index is 12.2. The van der Waals surface area contributed by atoms with Crippen LogP contribution in [0.15, 0.2) is 30.6 Å². The molecule has 4 N–H and O–H groups in total. The van der Waals surface area contributed by atoms with Crippen molar-refractivity contribution in [1.29, 1.82) is 5.41 Å². The minimum atomic E-state index is -0.321. The van der Waals surface area contributed by atoms with E-state index in [9.17, 15) is 4.79 Å². The summed E-state index contributed by atoms with van der Waals surface area (Å²) in [5.74, 6) is 0.384. The highest BCUT2D eigenvalue weighted by Crippen LogP contribution is 2.23. The zero-order chi connectivity index (χ0) is 19.2. The molecule has 142 valence electrons. The van der Waals surface area contributed by atoms with E-state index in [-0.39, 0.29) is 18.2 Å². The van der Waals surface area contributed by atoms with Gasteiger partial charge in [0.2, 0.25) is 0 Å². The molecule has 0 spiro atoms. The summed E-state index contributed by atoms with van der Waals surface area (Å²) in [6.45, 7) is 1.91. The molecule has 27 heavy (non-hydrogen) atoms. The Balaban J connectivity index is 1.66. The van der Waals surface area contributed by atoms with E-state index < -0.39 is 0 Å². The number of hydrogen-bond acceptors (Lipinski definition) is 6. The fourth-order valence-electron chi connectivity index (χ4n) is 3.24. The Morgan fingerprint density at radius 3 is 2.93 bits per heavy atom. The minimum absolute atomic E-state index is 0.00748. The topological polar surface area (TPSA) is 112 Å². The average Bonchev–Trinajstić information content (AvgIpc) is 3.10. The van der Waals surface area contributed by atoms with Crippen LogP contribution in [-0.4, -0.2) is 41.5 Å². The third-order valence-electron chi connectivity index (χ3n) is 4.58. The molecule has 3 rings (SSSR count). The molecule has 8 nitrogen and oxygen atoms in total. The predicted octanol–water partition coefficient (Wildman–Crippen LogP) is 3.22. The van der Waals surface area contributed by atoms with Crippen molar-refractivity contribution < 1.29 is 9.53 Å². The number of anilines is 3. The number of amides is 2. The summed E-state index contributed by atoms with van der Waals surface area (Å²) in [5, 5.41) is 16.5. The van der Waals surface area contributed by atoms with Crippen LogP contribution in [0.2, 0.25) is 0 Å². The second-order valence-corrected chi connectivity index (χ2v) is 6.52. The molecule has 1 fully saturated rings. The van der Waals surface area contributed by atoms with E-state index in [4.69, 9.17) is 10.1 Å². The first-order valence-corrected chi connectivity index (χ1v) is 8.89.